The minimum absolute atomic E-state index is 0.114. The number of carbonyl (C=O) groups is 1. The molecule has 4 rings (SSSR count). The van der Waals surface area contributed by atoms with E-state index in [0.717, 1.165) is 29.7 Å². The highest BCUT2D eigenvalue weighted by atomic mass is 19.4. The van der Waals surface area contributed by atoms with E-state index < -0.39 is 6.36 Å². The van der Waals surface area contributed by atoms with Gasteiger partial charge in [0.05, 0.1) is 6.42 Å². The molecular weight excluding hydrogens is 383 g/mol. The molecule has 1 aliphatic carbocycles. The largest absolute Gasteiger partial charge is 0.573 e. The summed E-state index contributed by atoms with van der Waals surface area (Å²) in [5.74, 6) is 0.492. The first kappa shape index (κ1) is 19.0. The van der Waals surface area contributed by atoms with Gasteiger partial charge in [-0.1, -0.05) is 36.4 Å². The normalized spacial score (nSPS) is 13.9. The minimum Gasteiger partial charge on any atom is -0.406 e. The van der Waals surface area contributed by atoms with Crippen LogP contribution in [-0.4, -0.2) is 22.5 Å². The second-order valence-electron chi connectivity index (χ2n) is 6.94. The number of nitrogens with zero attached hydrogens (tertiary/aromatic N) is 1. The van der Waals surface area contributed by atoms with Crippen LogP contribution in [0, 0.1) is 0 Å². The van der Waals surface area contributed by atoms with Crippen molar-refractivity contribution in [3.8, 4) is 16.9 Å². The Morgan fingerprint density at radius 2 is 1.86 bits per heavy atom. The summed E-state index contributed by atoms with van der Waals surface area (Å²) in [4.78, 5) is 12.5. The Kier molecular flexibility index (Phi) is 5.00. The average Bonchev–Trinajstić information content (AvgIpc) is 3.41. The molecule has 0 unspecified atom stereocenters. The molecule has 1 fully saturated rings. The second-order valence-corrected chi connectivity index (χ2v) is 6.94. The lowest BCUT2D eigenvalue weighted by Gasteiger charge is -2.12. The highest BCUT2D eigenvalue weighted by Crippen LogP contribution is 2.39. The molecule has 1 aliphatic rings. The summed E-state index contributed by atoms with van der Waals surface area (Å²) < 4.78 is 40.9. The third-order valence-corrected chi connectivity index (χ3v) is 4.65. The summed E-state index contributed by atoms with van der Waals surface area (Å²) >= 11 is 0. The van der Waals surface area contributed by atoms with Gasteiger partial charge in [-0.05, 0) is 41.7 Å². The Bertz CT molecular complexity index is 1010. The first-order valence-electron chi connectivity index (χ1n) is 9.16. The van der Waals surface area contributed by atoms with E-state index in [-0.39, 0.29) is 18.1 Å². The first-order chi connectivity index (χ1) is 13.9. The van der Waals surface area contributed by atoms with E-state index in [1.54, 1.807) is 0 Å². The number of rotatable bonds is 6. The van der Waals surface area contributed by atoms with Crippen molar-refractivity contribution in [2.45, 2.75) is 31.5 Å². The molecule has 1 amide bonds. The summed E-state index contributed by atoms with van der Waals surface area (Å²) in [5, 5.41) is 9.84. The van der Waals surface area contributed by atoms with Crippen LogP contribution in [0.15, 0.2) is 54.6 Å². The molecule has 2 aromatic carbocycles. The average molecular weight is 401 g/mol. The predicted octanol–water partition coefficient (Wildman–Crippen LogP) is 5.03. The van der Waals surface area contributed by atoms with Crippen LogP contribution < -0.4 is 10.1 Å². The number of hydrogen-bond acceptors (Lipinski definition) is 3. The number of aromatic amines is 1. The fourth-order valence-electron chi connectivity index (χ4n) is 3.16. The third kappa shape index (κ3) is 4.96. The molecule has 29 heavy (non-hydrogen) atoms. The molecule has 0 saturated heterocycles. The lowest BCUT2D eigenvalue weighted by molar-refractivity contribution is -0.274. The predicted molar refractivity (Wildman–Crippen MR) is 101 cm³/mol. The van der Waals surface area contributed by atoms with E-state index in [2.05, 4.69) is 20.3 Å². The molecule has 0 bridgehead atoms. The Hall–Kier alpha value is -3.29. The van der Waals surface area contributed by atoms with Crippen LogP contribution in [0.2, 0.25) is 0 Å². The van der Waals surface area contributed by atoms with Gasteiger partial charge in [-0.25, -0.2) is 0 Å². The van der Waals surface area contributed by atoms with E-state index in [1.165, 1.54) is 24.3 Å². The molecule has 0 radical (unpaired) electrons. The second kappa shape index (κ2) is 7.62. The molecule has 0 atom stereocenters. The van der Waals surface area contributed by atoms with E-state index in [4.69, 9.17) is 0 Å². The van der Waals surface area contributed by atoms with E-state index in [9.17, 15) is 18.0 Å². The molecule has 2 N–H and O–H groups in total. The number of ether oxygens (including phenoxy) is 1. The first-order valence-corrected chi connectivity index (χ1v) is 9.16. The van der Waals surface area contributed by atoms with Crippen molar-refractivity contribution in [3.63, 3.8) is 0 Å². The fraction of sp³-hybridized carbons (Fsp3) is 0.238. The molecule has 0 aliphatic heterocycles. The molecule has 1 aromatic heterocycles. The molecule has 8 heteroatoms. The SMILES string of the molecule is O=C(Cc1ccccc1-c1ccc(OC(F)(F)F)cc1)Nc1cc(C2CC2)[nH]n1. The summed E-state index contributed by atoms with van der Waals surface area (Å²) in [6.07, 6.45) is -2.35. The van der Waals surface area contributed by atoms with Gasteiger partial charge in [-0.2, -0.15) is 5.10 Å². The van der Waals surface area contributed by atoms with E-state index >= 15 is 0 Å². The van der Waals surface area contributed by atoms with Crippen LogP contribution in [0.5, 0.6) is 5.75 Å². The van der Waals surface area contributed by atoms with Crippen molar-refractivity contribution < 1.29 is 22.7 Å². The van der Waals surface area contributed by atoms with Gasteiger partial charge in [-0.15, -0.1) is 13.2 Å². The maximum absolute atomic E-state index is 12.5. The zero-order chi connectivity index (χ0) is 20.4. The standard InChI is InChI=1S/C21H18F3N3O2/c22-21(23,24)29-16-9-7-13(8-10-16)17-4-2-1-3-15(17)11-20(28)25-19-12-18(26-27-19)14-5-6-14/h1-4,7-10,12,14H,5-6,11H2,(H2,25,26,27,28). The summed E-state index contributed by atoms with van der Waals surface area (Å²) in [6.45, 7) is 0. The highest BCUT2D eigenvalue weighted by Gasteiger charge is 2.31. The zero-order valence-corrected chi connectivity index (χ0v) is 15.3. The van der Waals surface area contributed by atoms with Crippen LogP contribution in [0.4, 0.5) is 19.0 Å². The van der Waals surface area contributed by atoms with Crippen molar-refractivity contribution in [2.24, 2.45) is 0 Å². The van der Waals surface area contributed by atoms with Crippen molar-refractivity contribution in [2.75, 3.05) is 5.32 Å². The van der Waals surface area contributed by atoms with Crippen molar-refractivity contribution in [3.05, 3.63) is 65.9 Å². The number of carbonyl (C=O) groups excluding carboxylic acids is 1. The van der Waals surface area contributed by atoms with Gasteiger partial charge in [-0.3, -0.25) is 9.89 Å². The van der Waals surface area contributed by atoms with Crippen LogP contribution in [0.25, 0.3) is 11.1 Å². The molecule has 3 aromatic rings. The van der Waals surface area contributed by atoms with Gasteiger partial charge in [0.15, 0.2) is 5.82 Å². The number of anilines is 1. The van der Waals surface area contributed by atoms with E-state index in [1.807, 2.05) is 30.3 Å². The topological polar surface area (TPSA) is 67.0 Å². The van der Waals surface area contributed by atoms with Crippen LogP contribution >= 0.6 is 0 Å². The van der Waals surface area contributed by atoms with Crippen LogP contribution in [0.3, 0.4) is 0 Å². The lowest BCUT2D eigenvalue weighted by atomic mass is 9.97. The number of nitrogens with one attached hydrogen (secondary N) is 2. The number of hydrogen-bond donors (Lipinski definition) is 2. The smallest absolute Gasteiger partial charge is 0.406 e. The van der Waals surface area contributed by atoms with Crippen LogP contribution in [-0.2, 0) is 11.2 Å². The lowest BCUT2D eigenvalue weighted by Crippen LogP contribution is -2.17. The van der Waals surface area contributed by atoms with Crippen molar-refractivity contribution in [1.29, 1.82) is 0 Å². The summed E-state index contributed by atoms with van der Waals surface area (Å²) in [6, 6.07) is 14.7. The maximum Gasteiger partial charge on any atom is 0.573 e. The molecule has 1 saturated carbocycles. The maximum atomic E-state index is 12.5. The quantitative estimate of drug-likeness (QED) is 0.609. The third-order valence-electron chi connectivity index (χ3n) is 4.65. The molecule has 5 nitrogen and oxygen atoms in total. The number of aromatic nitrogens is 2. The van der Waals surface area contributed by atoms with Crippen LogP contribution in [0.1, 0.15) is 30.0 Å². The van der Waals surface area contributed by atoms with Gasteiger partial charge in [0, 0.05) is 17.7 Å². The summed E-state index contributed by atoms with van der Waals surface area (Å²) in [5.41, 5.74) is 3.25. The number of benzene rings is 2. The van der Waals surface area contributed by atoms with Gasteiger partial charge in [0.2, 0.25) is 5.91 Å². The van der Waals surface area contributed by atoms with Crippen molar-refractivity contribution >= 4 is 11.7 Å². The highest BCUT2D eigenvalue weighted by molar-refractivity contribution is 5.92. The van der Waals surface area contributed by atoms with Gasteiger partial charge >= 0.3 is 6.36 Å². The molecule has 150 valence electrons. The van der Waals surface area contributed by atoms with Gasteiger partial charge in [0.1, 0.15) is 5.75 Å². The summed E-state index contributed by atoms with van der Waals surface area (Å²) in [7, 11) is 0. The Morgan fingerprint density at radius 1 is 1.14 bits per heavy atom. The minimum atomic E-state index is -4.73. The van der Waals surface area contributed by atoms with Gasteiger partial charge < -0.3 is 10.1 Å². The molecular formula is C21H18F3N3O2. The molecule has 1 heterocycles. The zero-order valence-electron chi connectivity index (χ0n) is 15.3. The molecule has 0 spiro atoms. The van der Waals surface area contributed by atoms with Gasteiger partial charge in [0.25, 0.3) is 0 Å². The van der Waals surface area contributed by atoms with E-state index in [0.29, 0.717) is 17.3 Å². The number of halogens is 3. The van der Waals surface area contributed by atoms with Crippen molar-refractivity contribution in [1.82, 2.24) is 10.2 Å². The Balaban J connectivity index is 1.46. The fourth-order valence-corrected chi connectivity index (χ4v) is 3.16. The number of amides is 1. The number of alkyl halides is 3. The Morgan fingerprint density at radius 3 is 2.55 bits per heavy atom. The Labute approximate surface area is 164 Å². The number of H-pyrrole nitrogens is 1. The monoisotopic (exact) mass is 401 g/mol.